The second-order valence-electron chi connectivity index (χ2n) is 6.53. The van der Waals surface area contributed by atoms with Crippen LogP contribution in [0.15, 0.2) is 54.6 Å². The van der Waals surface area contributed by atoms with E-state index in [2.05, 4.69) is 24.8 Å². The molecule has 1 aliphatic rings. The van der Waals surface area contributed by atoms with E-state index in [-0.39, 0.29) is 11.4 Å². The average Bonchev–Trinajstić information content (AvgIpc) is 2.55. The van der Waals surface area contributed by atoms with Crippen LogP contribution in [0.4, 0.5) is 0 Å². The van der Waals surface area contributed by atoms with Gasteiger partial charge in [0.25, 0.3) is 0 Å². The van der Waals surface area contributed by atoms with Crippen molar-refractivity contribution < 1.29 is 9.53 Å². The Bertz CT molecular complexity index is 699. The summed E-state index contributed by atoms with van der Waals surface area (Å²) in [5.41, 5.74) is 1.96. The van der Waals surface area contributed by atoms with E-state index in [1.165, 1.54) is 11.0 Å². The van der Waals surface area contributed by atoms with Gasteiger partial charge in [0.2, 0.25) is 0 Å². The fourth-order valence-corrected chi connectivity index (χ4v) is 3.10. The third kappa shape index (κ3) is 2.92. The quantitative estimate of drug-likeness (QED) is 0.587. The fourth-order valence-electron chi connectivity index (χ4n) is 3.10. The Hall–Kier alpha value is -2.09. The van der Waals surface area contributed by atoms with E-state index in [9.17, 15) is 4.79 Å². The van der Waals surface area contributed by atoms with Gasteiger partial charge in [0.1, 0.15) is 6.61 Å². The first-order valence-electron chi connectivity index (χ1n) is 7.89. The Morgan fingerprint density at radius 2 is 1.82 bits per heavy atom. The average molecular weight is 294 g/mol. The molecule has 2 heteroatoms. The molecule has 0 heterocycles. The van der Waals surface area contributed by atoms with Crippen LogP contribution in [-0.4, -0.2) is 5.97 Å². The molecule has 1 fully saturated rings. The summed E-state index contributed by atoms with van der Waals surface area (Å²) in [7, 11) is 0. The van der Waals surface area contributed by atoms with Gasteiger partial charge in [0.05, 0.1) is 5.41 Å². The summed E-state index contributed by atoms with van der Waals surface area (Å²) in [6.45, 7) is 6.38. The minimum atomic E-state index is -0.355. The standard InChI is InChI=1S/C20H22O2/c1-15-10-12-20(2,13-11-15)19(21)22-14-17-8-5-7-16-6-3-4-9-18(16)17/h3-9H,1,10-14H2,2H3. The Morgan fingerprint density at radius 1 is 1.14 bits per heavy atom. The van der Waals surface area contributed by atoms with Gasteiger partial charge in [-0.2, -0.15) is 0 Å². The summed E-state index contributed by atoms with van der Waals surface area (Å²) in [6.07, 6.45) is 3.56. The van der Waals surface area contributed by atoms with Crippen molar-refractivity contribution in [1.29, 1.82) is 0 Å². The molecule has 0 bridgehead atoms. The Labute approximate surface area is 131 Å². The number of carbonyl (C=O) groups excluding carboxylic acids is 1. The molecule has 114 valence electrons. The van der Waals surface area contributed by atoms with E-state index in [4.69, 9.17) is 4.74 Å². The van der Waals surface area contributed by atoms with Crippen molar-refractivity contribution in [2.45, 2.75) is 39.2 Å². The highest BCUT2D eigenvalue weighted by molar-refractivity contribution is 5.86. The smallest absolute Gasteiger partial charge is 0.312 e. The first-order chi connectivity index (χ1) is 10.6. The Kier molecular flexibility index (Phi) is 4.02. The molecular weight excluding hydrogens is 272 g/mol. The summed E-state index contributed by atoms with van der Waals surface area (Å²) in [6, 6.07) is 14.3. The molecule has 2 aromatic rings. The molecule has 3 rings (SSSR count). The second kappa shape index (κ2) is 5.96. The van der Waals surface area contributed by atoms with Crippen LogP contribution in [-0.2, 0) is 16.1 Å². The highest BCUT2D eigenvalue weighted by Gasteiger charge is 2.36. The monoisotopic (exact) mass is 294 g/mol. The number of esters is 1. The van der Waals surface area contributed by atoms with E-state index in [1.54, 1.807) is 0 Å². The summed E-state index contributed by atoms with van der Waals surface area (Å²) in [5.74, 6) is -0.0760. The summed E-state index contributed by atoms with van der Waals surface area (Å²) in [5, 5.41) is 2.33. The molecule has 0 N–H and O–H groups in total. The minimum absolute atomic E-state index is 0.0760. The molecule has 0 radical (unpaired) electrons. The minimum Gasteiger partial charge on any atom is -0.460 e. The van der Waals surface area contributed by atoms with Crippen molar-refractivity contribution in [3.8, 4) is 0 Å². The number of hydrogen-bond donors (Lipinski definition) is 0. The van der Waals surface area contributed by atoms with E-state index in [0.717, 1.165) is 36.6 Å². The van der Waals surface area contributed by atoms with Gasteiger partial charge in [-0.25, -0.2) is 0 Å². The van der Waals surface area contributed by atoms with E-state index in [1.807, 2.05) is 31.2 Å². The molecule has 1 aliphatic carbocycles. The number of ether oxygens (including phenoxy) is 1. The lowest BCUT2D eigenvalue weighted by Gasteiger charge is -2.32. The predicted molar refractivity (Wildman–Crippen MR) is 89.5 cm³/mol. The number of hydrogen-bond acceptors (Lipinski definition) is 2. The third-order valence-corrected chi connectivity index (χ3v) is 4.79. The van der Waals surface area contributed by atoms with Crippen LogP contribution in [0.3, 0.4) is 0 Å². The van der Waals surface area contributed by atoms with Crippen LogP contribution in [0, 0.1) is 5.41 Å². The van der Waals surface area contributed by atoms with Gasteiger partial charge in [-0.05, 0) is 48.9 Å². The maximum absolute atomic E-state index is 12.5. The van der Waals surface area contributed by atoms with Gasteiger partial charge in [-0.15, -0.1) is 0 Å². The summed E-state index contributed by atoms with van der Waals surface area (Å²) < 4.78 is 5.65. The molecule has 0 aromatic heterocycles. The molecular formula is C20H22O2. The van der Waals surface area contributed by atoms with Gasteiger partial charge in [0, 0.05) is 0 Å². The van der Waals surface area contributed by atoms with Crippen molar-refractivity contribution in [2.75, 3.05) is 0 Å². The zero-order valence-corrected chi connectivity index (χ0v) is 13.1. The molecule has 22 heavy (non-hydrogen) atoms. The van der Waals surface area contributed by atoms with Crippen molar-refractivity contribution in [2.24, 2.45) is 5.41 Å². The highest BCUT2D eigenvalue weighted by Crippen LogP contribution is 2.39. The van der Waals surface area contributed by atoms with Crippen molar-refractivity contribution in [3.05, 3.63) is 60.2 Å². The molecule has 2 nitrogen and oxygen atoms in total. The maximum atomic E-state index is 12.5. The zero-order chi connectivity index (χ0) is 15.6. The third-order valence-electron chi connectivity index (χ3n) is 4.79. The molecule has 0 atom stereocenters. The molecule has 0 unspecified atom stereocenters. The second-order valence-corrected chi connectivity index (χ2v) is 6.53. The number of rotatable bonds is 3. The van der Waals surface area contributed by atoms with Crippen LogP contribution in [0.25, 0.3) is 10.8 Å². The number of carbonyl (C=O) groups is 1. The number of fused-ring (bicyclic) bond motifs is 1. The van der Waals surface area contributed by atoms with Gasteiger partial charge < -0.3 is 4.74 Å². The maximum Gasteiger partial charge on any atom is 0.312 e. The normalized spacial score (nSPS) is 17.4. The number of allylic oxidation sites excluding steroid dienone is 1. The lowest BCUT2D eigenvalue weighted by Crippen LogP contribution is -2.32. The van der Waals surface area contributed by atoms with Crippen LogP contribution in [0.1, 0.15) is 38.2 Å². The first kappa shape index (κ1) is 14.8. The lowest BCUT2D eigenvalue weighted by molar-refractivity contribution is -0.157. The van der Waals surface area contributed by atoms with Crippen molar-refractivity contribution in [3.63, 3.8) is 0 Å². The molecule has 2 aromatic carbocycles. The SMILES string of the molecule is C=C1CCC(C)(C(=O)OCc2cccc3ccccc23)CC1. The Balaban J connectivity index is 1.71. The van der Waals surface area contributed by atoms with Crippen LogP contribution < -0.4 is 0 Å². The molecule has 0 saturated heterocycles. The number of benzene rings is 2. The van der Waals surface area contributed by atoms with Crippen LogP contribution in [0.2, 0.25) is 0 Å². The lowest BCUT2D eigenvalue weighted by atomic mass is 9.74. The molecule has 0 amide bonds. The largest absolute Gasteiger partial charge is 0.460 e. The van der Waals surface area contributed by atoms with Crippen LogP contribution in [0.5, 0.6) is 0 Å². The molecule has 0 spiro atoms. The molecule has 0 aliphatic heterocycles. The Morgan fingerprint density at radius 3 is 2.59 bits per heavy atom. The first-order valence-corrected chi connectivity index (χ1v) is 7.89. The van der Waals surface area contributed by atoms with Gasteiger partial charge in [-0.1, -0.05) is 54.6 Å². The molecule has 1 saturated carbocycles. The van der Waals surface area contributed by atoms with E-state index < -0.39 is 0 Å². The van der Waals surface area contributed by atoms with Gasteiger partial charge in [0.15, 0.2) is 0 Å². The van der Waals surface area contributed by atoms with Gasteiger partial charge in [-0.3, -0.25) is 4.79 Å². The highest BCUT2D eigenvalue weighted by atomic mass is 16.5. The van der Waals surface area contributed by atoms with Gasteiger partial charge >= 0.3 is 5.97 Å². The topological polar surface area (TPSA) is 26.3 Å². The fraction of sp³-hybridized carbons (Fsp3) is 0.350. The van der Waals surface area contributed by atoms with E-state index >= 15 is 0 Å². The van der Waals surface area contributed by atoms with Crippen LogP contribution >= 0.6 is 0 Å². The van der Waals surface area contributed by atoms with Crippen molar-refractivity contribution in [1.82, 2.24) is 0 Å². The summed E-state index contributed by atoms with van der Waals surface area (Å²) >= 11 is 0. The summed E-state index contributed by atoms with van der Waals surface area (Å²) in [4.78, 5) is 12.5. The van der Waals surface area contributed by atoms with E-state index in [0.29, 0.717) is 6.61 Å². The van der Waals surface area contributed by atoms with Crippen molar-refractivity contribution >= 4 is 16.7 Å². The predicted octanol–water partition coefficient (Wildman–Crippen LogP) is 5.02. The zero-order valence-electron chi connectivity index (χ0n) is 13.1.